The molecule has 4 heteroatoms. The number of methoxy groups -OCH3 is 1. The fraction of sp³-hybridized carbons (Fsp3) is 0.467. The minimum absolute atomic E-state index is 0.132. The number of fused-ring (bicyclic) bond motifs is 1. The number of hydrogen-bond donors (Lipinski definition) is 0. The van der Waals surface area contributed by atoms with Gasteiger partial charge in [-0.05, 0) is 37.0 Å². The summed E-state index contributed by atoms with van der Waals surface area (Å²) in [4.78, 5) is 16.6. The minimum atomic E-state index is -0.450. The average molecular weight is 258 g/mol. The number of aromatic nitrogens is 2. The van der Waals surface area contributed by atoms with Crippen LogP contribution in [0.3, 0.4) is 0 Å². The molecule has 19 heavy (non-hydrogen) atoms. The maximum atomic E-state index is 12.1. The topological polar surface area (TPSA) is 44.1 Å². The first-order chi connectivity index (χ1) is 9.00. The summed E-state index contributed by atoms with van der Waals surface area (Å²) in [6.45, 7) is 4.07. The lowest BCUT2D eigenvalue weighted by atomic mass is 9.93. The molecule has 4 nitrogen and oxygen atoms in total. The Morgan fingerprint density at radius 2 is 2.21 bits per heavy atom. The van der Waals surface area contributed by atoms with Crippen LogP contribution in [0.2, 0.25) is 0 Å². The standard InChI is InChI=1S/C15H18N2O2/c1-9-8-15(9,14(18)19-4)11-5-6-13-12(7-11)16-10(2)17(13)3/h5-7,9H,8H2,1-4H3. The fourth-order valence-corrected chi connectivity index (χ4v) is 3.01. The first kappa shape index (κ1) is 12.2. The highest BCUT2D eigenvalue weighted by atomic mass is 16.5. The van der Waals surface area contributed by atoms with Gasteiger partial charge < -0.3 is 9.30 Å². The molecule has 1 saturated carbocycles. The molecule has 0 saturated heterocycles. The third-order valence-electron chi connectivity index (χ3n) is 4.48. The Hall–Kier alpha value is -1.84. The summed E-state index contributed by atoms with van der Waals surface area (Å²) < 4.78 is 7.03. The summed E-state index contributed by atoms with van der Waals surface area (Å²) in [5.74, 6) is 1.18. The Balaban J connectivity index is 2.14. The van der Waals surface area contributed by atoms with Crippen molar-refractivity contribution in [1.29, 1.82) is 0 Å². The van der Waals surface area contributed by atoms with Crippen molar-refractivity contribution in [2.45, 2.75) is 25.7 Å². The second-order valence-corrected chi connectivity index (χ2v) is 5.49. The number of rotatable bonds is 2. The monoisotopic (exact) mass is 258 g/mol. The highest BCUT2D eigenvalue weighted by Gasteiger charge is 2.59. The molecule has 0 amide bonds. The van der Waals surface area contributed by atoms with E-state index in [1.165, 1.54) is 7.11 Å². The number of hydrogen-bond acceptors (Lipinski definition) is 3. The highest BCUT2D eigenvalue weighted by Crippen LogP contribution is 2.55. The van der Waals surface area contributed by atoms with Crippen molar-refractivity contribution in [2.24, 2.45) is 13.0 Å². The molecule has 3 rings (SSSR count). The maximum Gasteiger partial charge on any atom is 0.316 e. The Morgan fingerprint density at radius 3 is 2.79 bits per heavy atom. The molecule has 100 valence electrons. The zero-order chi connectivity index (χ0) is 13.8. The molecule has 1 aromatic carbocycles. The summed E-state index contributed by atoms with van der Waals surface area (Å²) in [5.41, 5.74) is 2.61. The SMILES string of the molecule is COC(=O)C1(c2ccc3c(c2)nc(C)n3C)CC1C. The molecule has 0 spiro atoms. The van der Waals surface area contributed by atoms with Crippen LogP contribution in [0.4, 0.5) is 0 Å². The molecule has 0 radical (unpaired) electrons. The number of nitrogens with zero attached hydrogens (tertiary/aromatic N) is 2. The van der Waals surface area contributed by atoms with Crippen LogP contribution < -0.4 is 0 Å². The molecule has 1 aliphatic rings. The molecule has 1 aliphatic carbocycles. The van der Waals surface area contributed by atoms with Gasteiger partial charge in [0.15, 0.2) is 0 Å². The quantitative estimate of drug-likeness (QED) is 0.777. The Labute approximate surface area is 112 Å². The number of carbonyl (C=O) groups excluding carboxylic acids is 1. The van der Waals surface area contributed by atoms with Crippen LogP contribution in [-0.4, -0.2) is 22.6 Å². The molecular formula is C15H18N2O2. The van der Waals surface area contributed by atoms with Gasteiger partial charge >= 0.3 is 5.97 Å². The van der Waals surface area contributed by atoms with Crippen molar-refractivity contribution in [3.8, 4) is 0 Å². The zero-order valence-corrected chi connectivity index (χ0v) is 11.7. The lowest BCUT2D eigenvalue weighted by Gasteiger charge is -2.14. The molecule has 1 heterocycles. The van der Waals surface area contributed by atoms with Gasteiger partial charge in [-0.15, -0.1) is 0 Å². The molecule has 2 atom stereocenters. The molecule has 2 unspecified atom stereocenters. The van der Waals surface area contributed by atoms with Crippen molar-refractivity contribution in [2.75, 3.05) is 7.11 Å². The summed E-state index contributed by atoms with van der Waals surface area (Å²) in [7, 11) is 3.46. The highest BCUT2D eigenvalue weighted by molar-refractivity contribution is 5.89. The van der Waals surface area contributed by atoms with E-state index in [9.17, 15) is 4.79 Å². The second-order valence-electron chi connectivity index (χ2n) is 5.49. The summed E-state index contributed by atoms with van der Waals surface area (Å²) in [5, 5.41) is 0. The van der Waals surface area contributed by atoms with Crippen LogP contribution in [-0.2, 0) is 22.0 Å². The molecule has 1 aromatic heterocycles. The van der Waals surface area contributed by atoms with E-state index in [1.54, 1.807) is 0 Å². The Morgan fingerprint density at radius 1 is 1.53 bits per heavy atom. The van der Waals surface area contributed by atoms with E-state index in [0.717, 1.165) is 28.8 Å². The van der Waals surface area contributed by atoms with Gasteiger partial charge in [0, 0.05) is 7.05 Å². The molecule has 0 N–H and O–H groups in total. The van der Waals surface area contributed by atoms with Crippen molar-refractivity contribution < 1.29 is 9.53 Å². The number of carbonyl (C=O) groups is 1. The number of imidazole rings is 1. The lowest BCUT2D eigenvalue weighted by Crippen LogP contribution is -2.24. The summed E-state index contributed by atoms with van der Waals surface area (Å²) in [6.07, 6.45) is 0.858. The summed E-state index contributed by atoms with van der Waals surface area (Å²) >= 11 is 0. The number of esters is 1. The summed E-state index contributed by atoms with van der Waals surface area (Å²) in [6, 6.07) is 6.10. The lowest BCUT2D eigenvalue weighted by molar-refractivity contribution is -0.144. The second kappa shape index (κ2) is 3.83. The first-order valence-electron chi connectivity index (χ1n) is 6.52. The van der Waals surface area contributed by atoms with E-state index in [-0.39, 0.29) is 5.97 Å². The Bertz CT molecular complexity index is 674. The van der Waals surface area contributed by atoms with E-state index < -0.39 is 5.41 Å². The number of aryl methyl sites for hydroxylation is 2. The molecular weight excluding hydrogens is 240 g/mol. The third-order valence-corrected chi connectivity index (χ3v) is 4.48. The van der Waals surface area contributed by atoms with E-state index in [4.69, 9.17) is 4.74 Å². The predicted octanol–water partition coefficient (Wildman–Crippen LogP) is 2.33. The van der Waals surface area contributed by atoms with Gasteiger partial charge in [-0.3, -0.25) is 4.79 Å². The van der Waals surface area contributed by atoms with Crippen molar-refractivity contribution in [1.82, 2.24) is 9.55 Å². The van der Waals surface area contributed by atoms with Crippen LogP contribution in [0.25, 0.3) is 11.0 Å². The fourth-order valence-electron chi connectivity index (χ4n) is 3.01. The molecule has 1 fully saturated rings. The van der Waals surface area contributed by atoms with Gasteiger partial charge in [0.2, 0.25) is 0 Å². The van der Waals surface area contributed by atoms with Gasteiger partial charge in [0.25, 0.3) is 0 Å². The van der Waals surface area contributed by atoms with Crippen LogP contribution in [0.15, 0.2) is 18.2 Å². The Kier molecular flexibility index (Phi) is 2.46. The van der Waals surface area contributed by atoms with Gasteiger partial charge in [-0.2, -0.15) is 0 Å². The van der Waals surface area contributed by atoms with Crippen molar-refractivity contribution in [3.05, 3.63) is 29.6 Å². The maximum absolute atomic E-state index is 12.1. The van der Waals surface area contributed by atoms with E-state index in [2.05, 4.69) is 16.5 Å². The van der Waals surface area contributed by atoms with Gasteiger partial charge in [-0.1, -0.05) is 13.0 Å². The van der Waals surface area contributed by atoms with Crippen LogP contribution in [0.1, 0.15) is 24.7 Å². The first-order valence-corrected chi connectivity index (χ1v) is 6.52. The van der Waals surface area contributed by atoms with Crippen LogP contribution in [0, 0.1) is 12.8 Å². The largest absolute Gasteiger partial charge is 0.468 e. The van der Waals surface area contributed by atoms with E-state index in [0.29, 0.717) is 5.92 Å². The smallest absolute Gasteiger partial charge is 0.316 e. The van der Waals surface area contributed by atoms with Crippen molar-refractivity contribution in [3.63, 3.8) is 0 Å². The molecule has 0 aliphatic heterocycles. The van der Waals surface area contributed by atoms with Gasteiger partial charge in [0.1, 0.15) is 5.82 Å². The minimum Gasteiger partial charge on any atom is -0.468 e. The van der Waals surface area contributed by atoms with E-state index in [1.807, 2.05) is 32.2 Å². The van der Waals surface area contributed by atoms with Crippen LogP contribution >= 0.6 is 0 Å². The third kappa shape index (κ3) is 1.52. The predicted molar refractivity (Wildman–Crippen MR) is 72.9 cm³/mol. The van der Waals surface area contributed by atoms with Crippen molar-refractivity contribution >= 4 is 17.0 Å². The molecule has 0 bridgehead atoms. The van der Waals surface area contributed by atoms with Gasteiger partial charge in [0.05, 0.1) is 23.6 Å². The molecule has 2 aromatic rings. The normalized spacial score (nSPS) is 25.6. The number of benzene rings is 1. The van der Waals surface area contributed by atoms with Crippen LogP contribution in [0.5, 0.6) is 0 Å². The number of ether oxygens (including phenoxy) is 1. The van der Waals surface area contributed by atoms with E-state index >= 15 is 0 Å². The van der Waals surface area contributed by atoms with Gasteiger partial charge in [-0.25, -0.2) is 4.98 Å². The zero-order valence-electron chi connectivity index (χ0n) is 11.7. The average Bonchev–Trinajstić information content (AvgIpc) is 3.01.